The molecule has 8 nitrogen and oxygen atoms in total. The Morgan fingerprint density at radius 2 is 1.96 bits per heavy atom. The van der Waals surface area contributed by atoms with Gasteiger partial charge in [-0.1, -0.05) is 16.9 Å². The average Bonchev–Trinajstić information content (AvgIpc) is 3.44. The second-order valence-corrected chi connectivity index (χ2v) is 7.99. The van der Waals surface area contributed by atoms with Gasteiger partial charge in [-0.05, 0) is 44.2 Å². The van der Waals surface area contributed by atoms with Crippen LogP contribution in [-0.4, -0.2) is 47.8 Å². The Kier molecular flexibility index (Phi) is 4.40. The summed E-state index contributed by atoms with van der Waals surface area (Å²) in [6.07, 6.45) is 8.07. The lowest BCUT2D eigenvalue weighted by Gasteiger charge is -2.50. The highest BCUT2D eigenvalue weighted by atomic mass is 16.6. The van der Waals surface area contributed by atoms with Crippen molar-refractivity contribution in [2.24, 2.45) is 16.3 Å². The molecule has 0 spiro atoms. The minimum Gasteiger partial charge on any atom is -0.379 e. The van der Waals surface area contributed by atoms with Crippen molar-refractivity contribution in [2.45, 2.75) is 43.8 Å². The largest absolute Gasteiger partial charge is 0.379 e. The molecule has 1 saturated carbocycles. The lowest BCUT2D eigenvalue weighted by molar-refractivity contribution is -0.384. The number of benzene rings is 1. The van der Waals surface area contributed by atoms with E-state index in [9.17, 15) is 10.1 Å². The van der Waals surface area contributed by atoms with Gasteiger partial charge in [0.1, 0.15) is 11.7 Å². The smallest absolute Gasteiger partial charge is 0.269 e. The van der Waals surface area contributed by atoms with Crippen molar-refractivity contribution in [3.05, 3.63) is 46.0 Å². The summed E-state index contributed by atoms with van der Waals surface area (Å²) in [4.78, 5) is 13.2. The SMILES string of the molecule is O=[N+]([O-])c1ccc(N2N=N[C@H]3CC[C@H](C4=CCCC4)[C@]32N2CCOCC2)cc1. The van der Waals surface area contributed by atoms with Crippen molar-refractivity contribution in [2.75, 3.05) is 31.3 Å². The van der Waals surface area contributed by atoms with Gasteiger partial charge >= 0.3 is 0 Å². The molecule has 4 aliphatic rings. The van der Waals surface area contributed by atoms with Crippen molar-refractivity contribution in [3.63, 3.8) is 0 Å². The molecular formula is C20H25N5O3. The van der Waals surface area contributed by atoms with Gasteiger partial charge in [-0.2, -0.15) is 5.11 Å². The van der Waals surface area contributed by atoms with Crippen LogP contribution in [0.1, 0.15) is 32.1 Å². The quantitative estimate of drug-likeness (QED) is 0.450. The predicted octanol–water partition coefficient (Wildman–Crippen LogP) is 3.70. The number of hydrogen-bond acceptors (Lipinski definition) is 7. The van der Waals surface area contributed by atoms with Gasteiger partial charge < -0.3 is 4.74 Å². The van der Waals surface area contributed by atoms with Crippen LogP contribution in [0.15, 0.2) is 46.3 Å². The minimum atomic E-state index is -0.364. The molecule has 0 aromatic heterocycles. The fraction of sp³-hybridized carbons (Fsp3) is 0.600. The summed E-state index contributed by atoms with van der Waals surface area (Å²) in [5.41, 5.74) is 2.18. The lowest BCUT2D eigenvalue weighted by Crippen LogP contribution is -2.66. The molecule has 0 bridgehead atoms. The lowest BCUT2D eigenvalue weighted by atomic mass is 9.84. The third-order valence-electron chi connectivity index (χ3n) is 6.70. The van der Waals surface area contributed by atoms with Gasteiger partial charge in [0.2, 0.25) is 0 Å². The standard InChI is InChI=1S/C20H25N5O3/c26-25(27)17-7-5-16(6-8-17)24-20(23-11-13-28-14-12-23)18(15-3-1-2-4-15)9-10-19(20)21-22-24/h3,5-8,18-19H,1-2,4,9-14H2/t18-,19+,20-/m1/s1. The Morgan fingerprint density at radius 3 is 2.64 bits per heavy atom. The molecule has 5 rings (SSSR count). The number of morpholine rings is 1. The molecule has 1 aromatic carbocycles. The van der Waals surface area contributed by atoms with Crippen LogP contribution in [0, 0.1) is 16.0 Å². The van der Waals surface area contributed by atoms with E-state index in [0.29, 0.717) is 19.1 Å². The normalized spacial score (nSPS) is 32.6. The van der Waals surface area contributed by atoms with Crippen LogP contribution in [0.4, 0.5) is 11.4 Å². The number of non-ortho nitro benzene ring substituents is 1. The van der Waals surface area contributed by atoms with E-state index in [1.54, 1.807) is 24.3 Å². The van der Waals surface area contributed by atoms with Crippen molar-refractivity contribution >= 4 is 11.4 Å². The third-order valence-corrected chi connectivity index (χ3v) is 6.70. The molecule has 8 heteroatoms. The molecular weight excluding hydrogens is 358 g/mol. The van der Waals surface area contributed by atoms with Crippen LogP contribution in [0.3, 0.4) is 0 Å². The fourth-order valence-electron chi connectivity index (χ4n) is 5.53. The van der Waals surface area contributed by atoms with Crippen molar-refractivity contribution < 1.29 is 9.66 Å². The zero-order valence-electron chi connectivity index (χ0n) is 15.9. The highest BCUT2D eigenvalue weighted by Gasteiger charge is 2.62. The average molecular weight is 383 g/mol. The summed E-state index contributed by atoms with van der Waals surface area (Å²) < 4.78 is 5.64. The van der Waals surface area contributed by atoms with Gasteiger partial charge in [0.15, 0.2) is 0 Å². The predicted molar refractivity (Wildman–Crippen MR) is 104 cm³/mol. The molecule has 28 heavy (non-hydrogen) atoms. The van der Waals surface area contributed by atoms with Crippen molar-refractivity contribution in [1.29, 1.82) is 0 Å². The van der Waals surface area contributed by atoms with E-state index >= 15 is 0 Å². The van der Waals surface area contributed by atoms with E-state index < -0.39 is 0 Å². The second kappa shape index (κ2) is 6.93. The van der Waals surface area contributed by atoms with E-state index in [2.05, 4.69) is 26.3 Å². The Labute approximate surface area is 164 Å². The first-order chi connectivity index (χ1) is 13.7. The monoisotopic (exact) mass is 383 g/mol. The summed E-state index contributed by atoms with van der Waals surface area (Å²) in [7, 11) is 0. The molecule has 2 heterocycles. The van der Waals surface area contributed by atoms with Crippen LogP contribution >= 0.6 is 0 Å². The number of nitro groups is 1. The van der Waals surface area contributed by atoms with Crippen LogP contribution in [0.2, 0.25) is 0 Å². The number of hydrogen-bond donors (Lipinski definition) is 0. The first-order valence-corrected chi connectivity index (χ1v) is 10.2. The van der Waals surface area contributed by atoms with E-state index in [1.165, 1.54) is 12.0 Å². The summed E-state index contributed by atoms with van der Waals surface area (Å²) in [6.45, 7) is 3.15. The summed E-state index contributed by atoms with van der Waals surface area (Å²) in [5, 5.41) is 22.4. The zero-order chi connectivity index (χ0) is 19.1. The van der Waals surface area contributed by atoms with E-state index in [1.807, 2.05) is 0 Å². The number of ether oxygens (including phenoxy) is 1. The summed E-state index contributed by atoms with van der Waals surface area (Å²) in [6, 6.07) is 6.85. The first-order valence-electron chi connectivity index (χ1n) is 10.2. The van der Waals surface area contributed by atoms with Gasteiger partial charge in [0.05, 0.1) is 23.8 Å². The summed E-state index contributed by atoms with van der Waals surface area (Å²) >= 11 is 0. The molecule has 1 aromatic rings. The van der Waals surface area contributed by atoms with Crippen LogP contribution in [-0.2, 0) is 4.74 Å². The molecule has 3 atom stereocenters. The highest BCUT2D eigenvalue weighted by molar-refractivity contribution is 5.54. The molecule has 0 radical (unpaired) electrons. The van der Waals surface area contributed by atoms with Gasteiger partial charge in [0, 0.05) is 31.1 Å². The van der Waals surface area contributed by atoms with Crippen LogP contribution in [0.25, 0.3) is 0 Å². The number of anilines is 1. The van der Waals surface area contributed by atoms with E-state index in [-0.39, 0.29) is 22.3 Å². The molecule has 0 unspecified atom stereocenters. The Morgan fingerprint density at radius 1 is 1.18 bits per heavy atom. The fourth-order valence-corrected chi connectivity index (χ4v) is 5.53. The molecule has 148 valence electrons. The number of rotatable bonds is 4. The van der Waals surface area contributed by atoms with E-state index in [0.717, 1.165) is 44.5 Å². The van der Waals surface area contributed by atoms with Crippen molar-refractivity contribution in [1.82, 2.24) is 4.90 Å². The molecule has 0 N–H and O–H groups in total. The molecule has 2 fully saturated rings. The molecule has 2 aliphatic carbocycles. The Bertz CT molecular complexity index is 818. The second-order valence-electron chi connectivity index (χ2n) is 7.99. The maximum absolute atomic E-state index is 11.1. The number of nitro benzene ring substituents is 1. The maximum atomic E-state index is 11.1. The maximum Gasteiger partial charge on any atom is 0.269 e. The summed E-state index contributed by atoms with van der Waals surface area (Å²) in [5.74, 6) is 0.378. The third kappa shape index (κ3) is 2.58. The Balaban J connectivity index is 1.58. The molecule has 1 saturated heterocycles. The minimum absolute atomic E-state index is 0.0957. The number of allylic oxidation sites excluding steroid dienone is 1. The van der Waals surface area contributed by atoms with E-state index in [4.69, 9.17) is 4.74 Å². The molecule has 0 amide bonds. The van der Waals surface area contributed by atoms with Gasteiger partial charge in [-0.15, -0.1) is 0 Å². The van der Waals surface area contributed by atoms with Crippen LogP contribution in [0.5, 0.6) is 0 Å². The number of nitrogens with zero attached hydrogens (tertiary/aromatic N) is 5. The number of fused-ring (bicyclic) bond motifs is 1. The van der Waals surface area contributed by atoms with Gasteiger partial charge in [0.25, 0.3) is 5.69 Å². The Hall–Kier alpha value is -2.32. The topological polar surface area (TPSA) is 83.6 Å². The van der Waals surface area contributed by atoms with Gasteiger partial charge in [-0.3, -0.25) is 15.0 Å². The van der Waals surface area contributed by atoms with Crippen molar-refractivity contribution in [3.8, 4) is 0 Å². The van der Waals surface area contributed by atoms with Gasteiger partial charge in [-0.25, -0.2) is 5.01 Å². The highest BCUT2D eigenvalue weighted by Crippen LogP contribution is 2.54. The molecule has 2 aliphatic heterocycles. The van der Waals surface area contributed by atoms with Crippen LogP contribution < -0.4 is 5.01 Å². The first kappa shape index (κ1) is 17.8. The zero-order valence-corrected chi connectivity index (χ0v) is 15.9.